The van der Waals surface area contributed by atoms with Crippen LogP contribution in [-0.4, -0.2) is 64.9 Å². The Bertz CT molecular complexity index is 1080. The summed E-state index contributed by atoms with van der Waals surface area (Å²) in [6, 6.07) is 12.9. The fourth-order valence-corrected chi connectivity index (χ4v) is 4.87. The van der Waals surface area contributed by atoms with Crippen molar-refractivity contribution < 1.29 is 9.13 Å². The lowest BCUT2D eigenvalue weighted by molar-refractivity contribution is -0.0699. The molecule has 2 fully saturated rings. The third kappa shape index (κ3) is 3.42. The zero-order chi connectivity index (χ0) is 20.8. The van der Waals surface area contributed by atoms with Gasteiger partial charge in [0.05, 0.1) is 42.8 Å². The van der Waals surface area contributed by atoms with Crippen LogP contribution in [0, 0.1) is 0 Å². The van der Waals surface area contributed by atoms with Crippen LogP contribution in [0.25, 0.3) is 22.5 Å². The first-order valence-electron chi connectivity index (χ1n) is 11.1. The number of hydrogen-bond donors (Lipinski definition) is 1. The molecule has 2 saturated heterocycles. The van der Waals surface area contributed by atoms with Crippen molar-refractivity contribution in [2.24, 2.45) is 0 Å². The predicted molar refractivity (Wildman–Crippen MR) is 118 cm³/mol. The second-order valence-electron chi connectivity index (χ2n) is 8.68. The Morgan fingerprint density at radius 2 is 1.97 bits per heavy atom. The lowest BCUT2D eigenvalue weighted by Gasteiger charge is -2.38. The lowest BCUT2D eigenvalue weighted by atomic mass is 10.00. The Balaban J connectivity index is 1.44. The fourth-order valence-electron chi connectivity index (χ4n) is 4.87. The number of fused-ring (bicyclic) bond motifs is 1. The molecule has 0 saturated carbocycles. The van der Waals surface area contributed by atoms with Gasteiger partial charge in [-0.3, -0.25) is 4.90 Å². The van der Waals surface area contributed by atoms with Crippen molar-refractivity contribution in [2.75, 3.05) is 37.7 Å². The number of aromatic amines is 1. The number of alkyl halides is 1. The summed E-state index contributed by atoms with van der Waals surface area (Å²) < 4.78 is 19.4. The van der Waals surface area contributed by atoms with E-state index in [0.29, 0.717) is 25.6 Å². The third-order valence-electron chi connectivity index (χ3n) is 6.68. The van der Waals surface area contributed by atoms with Gasteiger partial charge in [0.1, 0.15) is 17.8 Å². The van der Waals surface area contributed by atoms with Crippen molar-refractivity contribution in [2.45, 2.75) is 31.6 Å². The molecular weight excluding hydrogens is 393 g/mol. The highest BCUT2D eigenvalue weighted by Crippen LogP contribution is 2.39. The number of rotatable bonds is 4. The molecule has 5 heterocycles. The Morgan fingerprint density at radius 1 is 1.10 bits per heavy atom. The average molecular weight is 420 g/mol. The fraction of sp³-hybridized carbons (Fsp3) is 0.417. The summed E-state index contributed by atoms with van der Waals surface area (Å²) >= 11 is 0. The number of nitrogens with zero attached hydrogens (tertiary/aromatic N) is 4. The molecule has 0 radical (unpaired) electrons. The molecule has 31 heavy (non-hydrogen) atoms. The maximum Gasteiger partial charge on any atom is 0.142 e. The van der Waals surface area contributed by atoms with Gasteiger partial charge in [-0.15, -0.1) is 0 Å². The Labute approximate surface area is 181 Å². The Hall–Kier alpha value is -2.77. The van der Waals surface area contributed by atoms with E-state index < -0.39 is 6.17 Å². The van der Waals surface area contributed by atoms with Crippen molar-refractivity contribution in [3.63, 3.8) is 0 Å². The molecule has 0 bridgehead atoms. The molecule has 1 aromatic carbocycles. The van der Waals surface area contributed by atoms with Gasteiger partial charge in [0.2, 0.25) is 0 Å². The van der Waals surface area contributed by atoms with E-state index in [9.17, 15) is 4.39 Å². The molecule has 3 aliphatic rings. The molecule has 0 unspecified atom stereocenters. The smallest absolute Gasteiger partial charge is 0.142 e. The van der Waals surface area contributed by atoms with Crippen LogP contribution >= 0.6 is 0 Å². The van der Waals surface area contributed by atoms with Gasteiger partial charge in [0, 0.05) is 32.3 Å². The van der Waals surface area contributed by atoms with E-state index in [2.05, 4.69) is 26.9 Å². The Morgan fingerprint density at radius 3 is 2.71 bits per heavy atom. The van der Waals surface area contributed by atoms with Gasteiger partial charge in [-0.2, -0.15) is 0 Å². The first-order chi connectivity index (χ1) is 15.3. The largest absolute Gasteiger partial charge is 0.378 e. The molecule has 0 aliphatic carbocycles. The first kappa shape index (κ1) is 19.0. The van der Waals surface area contributed by atoms with Crippen molar-refractivity contribution in [1.82, 2.24) is 19.9 Å². The van der Waals surface area contributed by atoms with Gasteiger partial charge in [0.15, 0.2) is 0 Å². The van der Waals surface area contributed by atoms with E-state index in [1.807, 2.05) is 30.5 Å². The monoisotopic (exact) mass is 419 g/mol. The average Bonchev–Trinajstić information content (AvgIpc) is 3.38. The van der Waals surface area contributed by atoms with E-state index >= 15 is 0 Å². The number of ether oxygens (including phenoxy) is 1. The van der Waals surface area contributed by atoms with Crippen LogP contribution in [0.15, 0.2) is 42.6 Å². The standard InChI is InChI=1S/C24H26FN5O/c25-17-7-10-30(12-17)24-22(19(6-9-26-24)16-4-2-1-3-5-16)23-27-20-8-11-29(13-21(20)28-23)18-14-31-15-18/h1-6,9,17-18H,7-8,10-15H2,(H,27,28)/t17-/m0/s1. The number of benzene rings is 1. The highest BCUT2D eigenvalue weighted by Gasteiger charge is 2.32. The highest BCUT2D eigenvalue weighted by molar-refractivity contribution is 5.88. The first-order valence-corrected chi connectivity index (χ1v) is 11.1. The van der Waals surface area contributed by atoms with Crippen LogP contribution in [0.5, 0.6) is 0 Å². The number of halogens is 1. The SMILES string of the molecule is F[C@H]1CCN(c2nccc(-c3ccccc3)c2-c2nc3c([nH]2)CN(C2COC2)CC3)C1. The van der Waals surface area contributed by atoms with Crippen LogP contribution in [0.3, 0.4) is 0 Å². The van der Waals surface area contributed by atoms with Gasteiger partial charge in [-0.05, 0) is 23.6 Å². The van der Waals surface area contributed by atoms with E-state index in [4.69, 9.17) is 14.7 Å². The maximum absolute atomic E-state index is 14.1. The summed E-state index contributed by atoms with van der Waals surface area (Å²) in [6.45, 7) is 4.57. The molecule has 1 atom stereocenters. The summed E-state index contributed by atoms with van der Waals surface area (Å²) in [4.78, 5) is 17.9. The summed E-state index contributed by atoms with van der Waals surface area (Å²) in [5.41, 5.74) is 5.45. The van der Waals surface area contributed by atoms with Gasteiger partial charge in [-0.25, -0.2) is 14.4 Å². The number of imidazole rings is 1. The van der Waals surface area contributed by atoms with Gasteiger partial charge in [-0.1, -0.05) is 30.3 Å². The van der Waals surface area contributed by atoms with E-state index in [1.165, 1.54) is 5.69 Å². The molecule has 0 amide bonds. The van der Waals surface area contributed by atoms with Crippen molar-refractivity contribution >= 4 is 5.82 Å². The highest BCUT2D eigenvalue weighted by atomic mass is 19.1. The number of pyridine rings is 1. The molecule has 3 aliphatic heterocycles. The number of H-pyrrole nitrogens is 1. The number of hydrogen-bond acceptors (Lipinski definition) is 5. The zero-order valence-corrected chi connectivity index (χ0v) is 17.4. The maximum atomic E-state index is 14.1. The third-order valence-corrected chi connectivity index (χ3v) is 6.68. The van der Waals surface area contributed by atoms with Crippen LogP contribution in [0.2, 0.25) is 0 Å². The number of anilines is 1. The van der Waals surface area contributed by atoms with Crippen molar-refractivity contribution in [3.8, 4) is 22.5 Å². The summed E-state index contributed by atoms with van der Waals surface area (Å²) in [7, 11) is 0. The van der Waals surface area contributed by atoms with Crippen LogP contribution in [0.1, 0.15) is 17.8 Å². The minimum Gasteiger partial charge on any atom is -0.378 e. The van der Waals surface area contributed by atoms with E-state index in [1.54, 1.807) is 0 Å². The second kappa shape index (κ2) is 7.73. The molecule has 160 valence electrons. The van der Waals surface area contributed by atoms with Crippen molar-refractivity contribution in [1.29, 1.82) is 0 Å². The molecule has 2 aromatic heterocycles. The molecule has 3 aromatic rings. The lowest BCUT2D eigenvalue weighted by Crippen LogP contribution is -2.50. The second-order valence-corrected chi connectivity index (χ2v) is 8.68. The normalized spacial score (nSPS) is 21.8. The van der Waals surface area contributed by atoms with Crippen LogP contribution in [-0.2, 0) is 17.7 Å². The topological polar surface area (TPSA) is 57.3 Å². The Kier molecular flexibility index (Phi) is 4.73. The van der Waals surface area contributed by atoms with Crippen LogP contribution < -0.4 is 4.90 Å². The molecule has 6 nitrogen and oxygen atoms in total. The summed E-state index contributed by atoms with van der Waals surface area (Å²) in [5, 5.41) is 0. The molecule has 0 spiro atoms. The molecular formula is C24H26FN5O. The van der Waals surface area contributed by atoms with E-state index in [0.717, 1.165) is 66.8 Å². The molecule has 6 rings (SSSR count). The van der Waals surface area contributed by atoms with Gasteiger partial charge >= 0.3 is 0 Å². The quantitative estimate of drug-likeness (QED) is 0.702. The van der Waals surface area contributed by atoms with E-state index in [-0.39, 0.29) is 0 Å². The van der Waals surface area contributed by atoms with Gasteiger partial charge in [0.25, 0.3) is 0 Å². The minimum atomic E-state index is -0.807. The zero-order valence-electron chi connectivity index (χ0n) is 17.4. The van der Waals surface area contributed by atoms with Crippen molar-refractivity contribution in [3.05, 3.63) is 54.0 Å². The van der Waals surface area contributed by atoms with Gasteiger partial charge < -0.3 is 14.6 Å². The number of aromatic nitrogens is 3. The number of nitrogens with one attached hydrogen (secondary N) is 1. The van der Waals surface area contributed by atoms with Crippen LogP contribution in [0.4, 0.5) is 10.2 Å². The minimum absolute atomic E-state index is 0.383. The molecule has 7 heteroatoms. The summed E-state index contributed by atoms with van der Waals surface area (Å²) in [6.07, 6.45) is 2.49. The molecule has 1 N–H and O–H groups in total. The predicted octanol–water partition coefficient (Wildman–Crippen LogP) is 3.44. The summed E-state index contributed by atoms with van der Waals surface area (Å²) in [5.74, 6) is 1.65.